The second-order valence-corrected chi connectivity index (χ2v) is 6.49. The van der Waals surface area contributed by atoms with Gasteiger partial charge < -0.3 is 0 Å². The molecule has 104 valence electrons. The SMILES string of the molecule is NNC(CCCc1ccccc1)C1CC2CCC1C2. The van der Waals surface area contributed by atoms with Crippen LogP contribution in [-0.2, 0) is 6.42 Å². The number of hydrazine groups is 1. The van der Waals surface area contributed by atoms with Gasteiger partial charge in [0.15, 0.2) is 0 Å². The second kappa shape index (κ2) is 6.06. The van der Waals surface area contributed by atoms with E-state index >= 15 is 0 Å². The van der Waals surface area contributed by atoms with Gasteiger partial charge in [0.25, 0.3) is 0 Å². The van der Waals surface area contributed by atoms with E-state index in [1.807, 2.05) is 0 Å². The van der Waals surface area contributed by atoms with Crippen molar-refractivity contribution in [3.8, 4) is 0 Å². The van der Waals surface area contributed by atoms with Gasteiger partial charge in [-0.2, -0.15) is 0 Å². The Morgan fingerprint density at radius 1 is 1.16 bits per heavy atom. The molecule has 2 aliphatic carbocycles. The van der Waals surface area contributed by atoms with Crippen molar-refractivity contribution in [3.05, 3.63) is 35.9 Å². The third-order valence-corrected chi connectivity index (χ3v) is 5.35. The number of fused-ring (bicyclic) bond motifs is 2. The van der Waals surface area contributed by atoms with Gasteiger partial charge in [0.2, 0.25) is 0 Å². The molecule has 3 N–H and O–H groups in total. The van der Waals surface area contributed by atoms with Crippen LogP contribution in [0.4, 0.5) is 0 Å². The first-order valence-electron chi connectivity index (χ1n) is 7.87. The van der Waals surface area contributed by atoms with Crippen LogP contribution in [0.1, 0.15) is 44.1 Å². The number of hydrogen-bond donors (Lipinski definition) is 2. The fourth-order valence-electron chi connectivity index (χ4n) is 4.38. The van der Waals surface area contributed by atoms with Crippen LogP contribution in [0.5, 0.6) is 0 Å². The van der Waals surface area contributed by atoms with E-state index in [0.29, 0.717) is 6.04 Å². The molecule has 4 atom stereocenters. The van der Waals surface area contributed by atoms with Crippen molar-refractivity contribution in [2.24, 2.45) is 23.6 Å². The first-order valence-corrected chi connectivity index (χ1v) is 7.87. The number of aryl methyl sites for hydroxylation is 1. The molecule has 0 aromatic heterocycles. The van der Waals surface area contributed by atoms with Crippen LogP contribution in [0.2, 0.25) is 0 Å². The lowest BCUT2D eigenvalue weighted by Crippen LogP contribution is -2.42. The lowest BCUT2D eigenvalue weighted by molar-refractivity contribution is 0.237. The van der Waals surface area contributed by atoms with Gasteiger partial charge in [0, 0.05) is 6.04 Å². The quantitative estimate of drug-likeness (QED) is 0.607. The molecule has 2 fully saturated rings. The zero-order valence-corrected chi connectivity index (χ0v) is 11.7. The summed E-state index contributed by atoms with van der Waals surface area (Å²) in [4.78, 5) is 0. The summed E-state index contributed by atoms with van der Waals surface area (Å²) < 4.78 is 0. The largest absolute Gasteiger partial charge is 0.271 e. The van der Waals surface area contributed by atoms with Crippen molar-refractivity contribution >= 4 is 0 Å². The molecule has 1 aromatic rings. The molecule has 0 heterocycles. The smallest absolute Gasteiger partial charge is 0.0241 e. The molecule has 4 unspecified atom stereocenters. The molecular formula is C17H26N2. The molecule has 0 aliphatic heterocycles. The van der Waals surface area contributed by atoms with Crippen LogP contribution < -0.4 is 11.3 Å². The Morgan fingerprint density at radius 2 is 2.00 bits per heavy atom. The van der Waals surface area contributed by atoms with Gasteiger partial charge in [-0.05, 0) is 61.8 Å². The van der Waals surface area contributed by atoms with Crippen LogP contribution in [0.25, 0.3) is 0 Å². The van der Waals surface area contributed by atoms with Gasteiger partial charge in [0.1, 0.15) is 0 Å². The minimum absolute atomic E-state index is 0.541. The highest BCUT2D eigenvalue weighted by molar-refractivity contribution is 5.14. The maximum Gasteiger partial charge on any atom is 0.0241 e. The first-order chi connectivity index (χ1) is 9.36. The number of nitrogens with two attached hydrogens (primary N) is 1. The molecule has 2 saturated carbocycles. The van der Waals surface area contributed by atoms with Gasteiger partial charge in [-0.25, -0.2) is 0 Å². The van der Waals surface area contributed by atoms with Crippen LogP contribution in [0.3, 0.4) is 0 Å². The second-order valence-electron chi connectivity index (χ2n) is 6.49. The van der Waals surface area contributed by atoms with Crippen LogP contribution in [-0.4, -0.2) is 6.04 Å². The van der Waals surface area contributed by atoms with Gasteiger partial charge in [-0.3, -0.25) is 11.3 Å². The van der Waals surface area contributed by atoms with Crippen molar-refractivity contribution in [2.75, 3.05) is 0 Å². The first kappa shape index (κ1) is 13.1. The number of rotatable bonds is 6. The summed E-state index contributed by atoms with van der Waals surface area (Å²) in [6.45, 7) is 0. The Balaban J connectivity index is 1.48. The maximum atomic E-state index is 5.81. The van der Waals surface area contributed by atoms with Crippen molar-refractivity contribution in [2.45, 2.75) is 51.0 Å². The lowest BCUT2D eigenvalue weighted by Gasteiger charge is -2.30. The minimum Gasteiger partial charge on any atom is -0.271 e. The zero-order chi connectivity index (χ0) is 13.1. The standard InChI is InChI=1S/C17H26N2/c18-19-17(16-12-14-9-10-15(16)11-14)8-4-7-13-5-2-1-3-6-13/h1-3,5-6,14-17,19H,4,7-12,18H2. The van der Waals surface area contributed by atoms with Crippen molar-refractivity contribution in [1.82, 2.24) is 5.43 Å². The molecular weight excluding hydrogens is 232 g/mol. The van der Waals surface area contributed by atoms with E-state index in [2.05, 4.69) is 35.8 Å². The average molecular weight is 258 g/mol. The van der Waals surface area contributed by atoms with Gasteiger partial charge in [-0.15, -0.1) is 0 Å². The summed E-state index contributed by atoms with van der Waals surface area (Å²) in [5.41, 5.74) is 4.57. The summed E-state index contributed by atoms with van der Waals surface area (Å²) in [6, 6.07) is 11.3. The van der Waals surface area contributed by atoms with E-state index in [1.165, 1.54) is 50.5 Å². The van der Waals surface area contributed by atoms with Crippen molar-refractivity contribution in [1.29, 1.82) is 0 Å². The number of nitrogens with one attached hydrogen (secondary N) is 1. The summed E-state index contributed by atoms with van der Waals surface area (Å²) in [6.07, 6.45) is 9.47. The van der Waals surface area contributed by atoms with Crippen molar-refractivity contribution < 1.29 is 0 Å². The molecule has 3 rings (SSSR count). The Hall–Kier alpha value is -0.860. The van der Waals surface area contributed by atoms with E-state index < -0.39 is 0 Å². The predicted octanol–water partition coefficient (Wildman–Crippen LogP) is 3.28. The molecule has 0 spiro atoms. The summed E-state index contributed by atoms with van der Waals surface area (Å²) in [5, 5.41) is 0. The van der Waals surface area contributed by atoms with Gasteiger partial charge in [-0.1, -0.05) is 36.8 Å². The predicted molar refractivity (Wildman–Crippen MR) is 79.4 cm³/mol. The van der Waals surface area contributed by atoms with E-state index in [4.69, 9.17) is 5.84 Å². The molecule has 2 bridgehead atoms. The highest BCUT2D eigenvalue weighted by Gasteiger charge is 2.42. The summed E-state index contributed by atoms with van der Waals surface area (Å²) >= 11 is 0. The van der Waals surface area contributed by atoms with E-state index in [0.717, 1.165) is 17.8 Å². The third kappa shape index (κ3) is 3.01. The Labute approximate surface area is 116 Å². The maximum absolute atomic E-state index is 5.81. The molecule has 0 amide bonds. The fourth-order valence-corrected chi connectivity index (χ4v) is 4.38. The van der Waals surface area contributed by atoms with Crippen LogP contribution in [0.15, 0.2) is 30.3 Å². The highest BCUT2D eigenvalue weighted by Crippen LogP contribution is 2.49. The topological polar surface area (TPSA) is 38.0 Å². The number of benzene rings is 1. The molecule has 19 heavy (non-hydrogen) atoms. The molecule has 0 radical (unpaired) electrons. The fraction of sp³-hybridized carbons (Fsp3) is 0.647. The van der Waals surface area contributed by atoms with Crippen molar-refractivity contribution in [3.63, 3.8) is 0 Å². The third-order valence-electron chi connectivity index (χ3n) is 5.35. The van der Waals surface area contributed by atoms with Gasteiger partial charge in [0.05, 0.1) is 0 Å². The van der Waals surface area contributed by atoms with Crippen LogP contribution >= 0.6 is 0 Å². The van der Waals surface area contributed by atoms with Crippen LogP contribution in [0, 0.1) is 17.8 Å². The molecule has 2 heteroatoms. The molecule has 2 nitrogen and oxygen atoms in total. The molecule has 2 aliphatic rings. The van der Waals surface area contributed by atoms with E-state index in [-0.39, 0.29) is 0 Å². The Morgan fingerprint density at radius 3 is 2.63 bits per heavy atom. The normalized spacial score (nSPS) is 30.7. The highest BCUT2D eigenvalue weighted by atomic mass is 15.2. The summed E-state index contributed by atoms with van der Waals surface area (Å²) in [5.74, 6) is 8.64. The van der Waals surface area contributed by atoms with E-state index in [1.54, 1.807) is 0 Å². The molecule has 1 aromatic carbocycles. The average Bonchev–Trinajstić information content (AvgIpc) is 3.07. The summed E-state index contributed by atoms with van der Waals surface area (Å²) in [7, 11) is 0. The Bertz CT molecular complexity index is 390. The number of hydrogen-bond acceptors (Lipinski definition) is 2. The lowest BCUT2D eigenvalue weighted by atomic mass is 9.81. The monoisotopic (exact) mass is 258 g/mol. The van der Waals surface area contributed by atoms with E-state index in [9.17, 15) is 0 Å². The minimum atomic E-state index is 0.541. The molecule has 0 saturated heterocycles. The van der Waals surface area contributed by atoms with Gasteiger partial charge >= 0.3 is 0 Å². The zero-order valence-electron chi connectivity index (χ0n) is 11.7. The Kier molecular flexibility index (Phi) is 4.19.